The minimum absolute atomic E-state index is 0.291. The molecule has 3 nitrogen and oxygen atoms in total. The molecular formula is C24H17F2N3. The Morgan fingerprint density at radius 2 is 1.62 bits per heavy atom. The summed E-state index contributed by atoms with van der Waals surface area (Å²) < 4.78 is 30.8. The summed E-state index contributed by atoms with van der Waals surface area (Å²) in [7, 11) is 0. The molecule has 1 N–H and O–H groups in total. The van der Waals surface area contributed by atoms with Crippen molar-refractivity contribution in [1.29, 1.82) is 0 Å². The molecule has 0 amide bonds. The minimum Gasteiger partial charge on any atom is -0.309 e. The molecule has 0 saturated carbocycles. The van der Waals surface area contributed by atoms with Crippen LogP contribution in [0.1, 0.15) is 16.7 Å². The van der Waals surface area contributed by atoms with Crippen LogP contribution in [0.3, 0.4) is 0 Å². The summed E-state index contributed by atoms with van der Waals surface area (Å²) in [4.78, 5) is 0. The lowest BCUT2D eigenvalue weighted by molar-refractivity contribution is 0.599. The third-order valence-corrected chi connectivity index (χ3v) is 5.29. The number of hydrogen-bond donors (Lipinski definition) is 1. The SMILES string of the molecule is Fc1c(-c2cccnn2)ccc2c1CNCC=C2c1ccc2ccccc2c1F. The normalized spacial score (nSPS) is 13.7. The Morgan fingerprint density at radius 3 is 2.48 bits per heavy atom. The Balaban J connectivity index is 1.69. The van der Waals surface area contributed by atoms with Gasteiger partial charge in [-0.25, -0.2) is 8.78 Å². The zero-order valence-electron chi connectivity index (χ0n) is 15.5. The van der Waals surface area contributed by atoms with Gasteiger partial charge in [-0.2, -0.15) is 10.2 Å². The molecule has 0 radical (unpaired) electrons. The molecule has 1 aliphatic rings. The van der Waals surface area contributed by atoms with Crippen LogP contribution in [0.2, 0.25) is 0 Å². The summed E-state index contributed by atoms with van der Waals surface area (Å²) in [6, 6.07) is 18.0. The first-order valence-corrected chi connectivity index (χ1v) is 9.42. The average molecular weight is 385 g/mol. The highest BCUT2D eigenvalue weighted by Crippen LogP contribution is 2.36. The van der Waals surface area contributed by atoms with E-state index >= 15 is 8.78 Å². The molecule has 0 fully saturated rings. The van der Waals surface area contributed by atoms with Crippen LogP contribution in [0.5, 0.6) is 0 Å². The van der Waals surface area contributed by atoms with Crippen LogP contribution in [0.25, 0.3) is 27.6 Å². The third kappa shape index (κ3) is 3.00. The van der Waals surface area contributed by atoms with E-state index in [1.54, 1.807) is 36.5 Å². The van der Waals surface area contributed by atoms with Crippen LogP contribution < -0.4 is 5.32 Å². The van der Waals surface area contributed by atoms with Gasteiger partial charge in [0.1, 0.15) is 11.6 Å². The Hall–Kier alpha value is -3.44. The number of nitrogens with one attached hydrogen (secondary N) is 1. The fraction of sp³-hybridized carbons (Fsp3) is 0.0833. The van der Waals surface area contributed by atoms with Crippen molar-refractivity contribution in [2.75, 3.05) is 6.54 Å². The minimum atomic E-state index is -0.357. The van der Waals surface area contributed by atoms with Crippen molar-refractivity contribution in [3.63, 3.8) is 0 Å². The van der Waals surface area contributed by atoms with Crippen molar-refractivity contribution in [3.8, 4) is 11.3 Å². The standard InChI is InChI=1S/C24H17F2N3/c25-23-16-5-2-1-4-15(16)7-8-19(23)18-11-13-27-14-21-17(18)9-10-20(24(21)26)22-6-3-12-28-29-22/h1-12,27H,13-14H2. The molecular weight excluding hydrogens is 368 g/mol. The molecule has 0 saturated heterocycles. The number of aromatic nitrogens is 2. The van der Waals surface area contributed by atoms with Crippen LogP contribution in [0.15, 0.2) is 72.9 Å². The summed E-state index contributed by atoms with van der Waals surface area (Å²) in [5, 5.41) is 12.5. The first-order chi connectivity index (χ1) is 14.2. The highest BCUT2D eigenvalue weighted by atomic mass is 19.1. The van der Waals surface area contributed by atoms with Gasteiger partial charge in [0.25, 0.3) is 0 Å². The highest BCUT2D eigenvalue weighted by molar-refractivity contribution is 5.91. The quantitative estimate of drug-likeness (QED) is 0.521. The van der Waals surface area contributed by atoms with Crippen molar-refractivity contribution in [1.82, 2.24) is 15.5 Å². The van der Waals surface area contributed by atoms with Crippen molar-refractivity contribution in [3.05, 3.63) is 101 Å². The van der Waals surface area contributed by atoms with E-state index in [2.05, 4.69) is 15.5 Å². The lowest BCUT2D eigenvalue weighted by Crippen LogP contribution is -2.13. The van der Waals surface area contributed by atoms with Gasteiger partial charge in [-0.05, 0) is 34.7 Å². The molecule has 0 bridgehead atoms. The Morgan fingerprint density at radius 1 is 0.793 bits per heavy atom. The molecule has 29 heavy (non-hydrogen) atoms. The molecule has 3 aromatic carbocycles. The highest BCUT2D eigenvalue weighted by Gasteiger charge is 2.22. The van der Waals surface area contributed by atoms with E-state index in [9.17, 15) is 0 Å². The number of halogens is 2. The summed E-state index contributed by atoms with van der Waals surface area (Å²) in [5.74, 6) is -0.648. The lowest BCUT2D eigenvalue weighted by Gasteiger charge is -2.16. The van der Waals surface area contributed by atoms with Crippen molar-refractivity contribution < 1.29 is 8.78 Å². The number of rotatable bonds is 2. The topological polar surface area (TPSA) is 37.8 Å². The molecule has 0 spiro atoms. The van der Waals surface area contributed by atoms with Gasteiger partial charge >= 0.3 is 0 Å². The van der Waals surface area contributed by atoms with E-state index in [4.69, 9.17) is 0 Å². The Bertz CT molecular complexity index is 1250. The van der Waals surface area contributed by atoms with Gasteiger partial charge in [0.15, 0.2) is 0 Å². The van der Waals surface area contributed by atoms with Crippen LogP contribution >= 0.6 is 0 Å². The predicted molar refractivity (Wildman–Crippen MR) is 110 cm³/mol. The maximum atomic E-state index is 15.4. The average Bonchev–Trinajstić information content (AvgIpc) is 2.98. The van der Waals surface area contributed by atoms with Crippen LogP contribution in [-0.2, 0) is 6.54 Å². The molecule has 0 unspecified atom stereocenters. The largest absolute Gasteiger partial charge is 0.309 e. The monoisotopic (exact) mass is 385 g/mol. The van der Waals surface area contributed by atoms with Gasteiger partial charge in [-0.15, -0.1) is 0 Å². The van der Waals surface area contributed by atoms with E-state index in [0.717, 1.165) is 5.39 Å². The van der Waals surface area contributed by atoms with Gasteiger partial charge in [0.2, 0.25) is 0 Å². The smallest absolute Gasteiger partial charge is 0.138 e. The third-order valence-electron chi connectivity index (χ3n) is 5.29. The van der Waals surface area contributed by atoms with E-state index in [-0.39, 0.29) is 11.6 Å². The molecule has 1 aromatic heterocycles. The maximum Gasteiger partial charge on any atom is 0.138 e. The fourth-order valence-electron chi connectivity index (χ4n) is 3.87. The molecule has 0 aliphatic carbocycles. The van der Waals surface area contributed by atoms with Gasteiger partial charge in [0.05, 0.1) is 5.69 Å². The zero-order chi connectivity index (χ0) is 19.8. The number of fused-ring (bicyclic) bond motifs is 2. The molecule has 1 aliphatic heterocycles. The van der Waals surface area contributed by atoms with E-state index in [1.165, 1.54) is 0 Å². The summed E-state index contributed by atoms with van der Waals surface area (Å²) in [6.45, 7) is 0.876. The van der Waals surface area contributed by atoms with Crippen LogP contribution in [0, 0.1) is 11.6 Å². The Labute approximate surface area is 166 Å². The first kappa shape index (κ1) is 17.6. The number of nitrogens with zero attached hydrogens (tertiary/aromatic N) is 2. The summed E-state index contributed by atoms with van der Waals surface area (Å²) in [5.41, 5.74) is 3.22. The van der Waals surface area contributed by atoms with E-state index in [0.29, 0.717) is 52.0 Å². The van der Waals surface area contributed by atoms with Crippen molar-refractivity contribution >= 4 is 16.3 Å². The maximum absolute atomic E-state index is 15.4. The summed E-state index contributed by atoms with van der Waals surface area (Å²) >= 11 is 0. The molecule has 4 aromatic rings. The number of benzene rings is 3. The second kappa shape index (κ2) is 7.18. The first-order valence-electron chi connectivity index (χ1n) is 9.42. The van der Waals surface area contributed by atoms with Gasteiger partial charge in [0, 0.05) is 41.4 Å². The lowest BCUT2D eigenvalue weighted by atomic mass is 9.90. The van der Waals surface area contributed by atoms with Crippen molar-refractivity contribution in [2.24, 2.45) is 0 Å². The van der Waals surface area contributed by atoms with Gasteiger partial charge in [-0.3, -0.25) is 0 Å². The van der Waals surface area contributed by atoms with E-state index < -0.39 is 0 Å². The molecule has 142 valence electrons. The van der Waals surface area contributed by atoms with Crippen LogP contribution in [-0.4, -0.2) is 16.7 Å². The van der Waals surface area contributed by atoms with Crippen molar-refractivity contribution in [2.45, 2.75) is 6.54 Å². The zero-order valence-corrected chi connectivity index (χ0v) is 15.5. The van der Waals surface area contributed by atoms with Crippen LogP contribution in [0.4, 0.5) is 8.78 Å². The Kier molecular flexibility index (Phi) is 4.37. The second-order valence-corrected chi connectivity index (χ2v) is 6.96. The molecule has 2 heterocycles. The molecule has 0 atom stereocenters. The predicted octanol–water partition coefficient (Wildman–Crippen LogP) is 5.11. The van der Waals surface area contributed by atoms with E-state index in [1.807, 2.05) is 36.4 Å². The number of hydrogen-bond acceptors (Lipinski definition) is 3. The second-order valence-electron chi connectivity index (χ2n) is 6.96. The molecule has 5 heteroatoms. The van der Waals surface area contributed by atoms with Gasteiger partial charge in [-0.1, -0.05) is 48.5 Å². The fourth-order valence-corrected chi connectivity index (χ4v) is 3.87. The summed E-state index contributed by atoms with van der Waals surface area (Å²) in [6.07, 6.45) is 3.47. The van der Waals surface area contributed by atoms with Gasteiger partial charge < -0.3 is 5.32 Å². The molecule has 5 rings (SSSR count).